The molecule has 3 rings (SSSR count). The van der Waals surface area contributed by atoms with Crippen LogP contribution in [0.3, 0.4) is 0 Å². The van der Waals surface area contributed by atoms with Crippen molar-refractivity contribution in [3.8, 4) is 5.69 Å². The van der Waals surface area contributed by atoms with Crippen LogP contribution in [-0.4, -0.2) is 20.7 Å². The van der Waals surface area contributed by atoms with Gasteiger partial charge >= 0.3 is 6.18 Å². The van der Waals surface area contributed by atoms with Crippen molar-refractivity contribution in [3.05, 3.63) is 66.6 Å². The zero-order chi connectivity index (χ0) is 17.9. The van der Waals surface area contributed by atoms with Crippen LogP contribution < -0.4 is 5.32 Å². The van der Waals surface area contributed by atoms with Gasteiger partial charge in [0.05, 0.1) is 23.2 Å². The number of carbonyl (C=O) groups excluding carboxylic acids is 1. The molecule has 0 aliphatic heterocycles. The molecule has 128 valence electrons. The number of rotatable bonds is 4. The van der Waals surface area contributed by atoms with Crippen molar-refractivity contribution >= 4 is 17.7 Å². The highest BCUT2D eigenvalue weighted by atomic mass is 19.4. The molecular weight excluding hydrogens is 337 g/mol. The number of benzene rings is 1. The van der Waals surface area contributed by atoms with E-state index in [0.29, 0.717) is 5.76 Å². The van der Waals surface area contributed by atoms with Gasteiger partial charge in [-0.05, 0) is 36.4 Å². The highest BCUT2D eigenvalue weighted by Crippen LogP contribution is 2.33. The molecule has 0 spiro atoms. The predicted octanol–water partition coefficient (Wildman–Crippen LogP) is 3.53. The summed E-state index contributed by atoms with van der Waals surface area (Å²) in [4.78, 5) is 15.8. The van der Waals surface area contributed by atoms with Crippen molar-refractivity contribution in [2.75, 3.05) is 5.32 Å². The second kappa shape index (κ2) is 6.63. The fraction of sp³-hybridized carbons (Fsp3) is 0.0625. The van der Waals surface area contributed by atoms with Gasteiger partial charge in [-0.25, -0.2) is 9.67 Å². The number of aromatic nitrogens is 3. The van der Waals surface area contributed by atoms with Crippen LogP contribution in [0.5, 0.6) is 0 Å². The molecular formula is C16H11F3N4O2. The highest BCUT2D eigenvalue weighted by Gasteiger charge is 2.31. The Morgan fingerprint density at radius 2 is 2.12 bits per heavy atom. The van der Waals surface area contributed by atoms with E-state index >= 15 is 0 Å². The molecule has 9 heteroatoms. The highest BCUT2D eigenvalue weighted by molar-refractivity contribution is 6.03. The summed E-state index contributed by atoms with van der Waals surface area (Å²) in [5.41, 5.74) is -0.679. The molecule has 2 aromatic heterocycles. The van der Waals surface area contributed by atoms with E-state index in [2.05, 4.69) is 15.4 Å². The molecule has 0 fully saturated rings. The molecule has 1 N–H and O–H groups in total. The standard InChI is InChI=1S/C16H11F3N4O2/c17-16(18,19)11-3-5-14(23-10-20-9-21-23)13(8-11)22-15(24)6-4-12-2-1-7-25-12/h1-10H,(H,22,24)/b6-4+. The van der Waals surface area contributed by atoms with E-state index < -0.39 is 17.6 Å². The van der Waals surface area contributed by atoms with Gasteiger partial charge in [0.25, 0.3) is 0 Å². The summed E-state index contributed by atoms with van der Waals surface area (Å²) in [6.45, 7) is 0. The number of amides is 1. The molecule has 0 saturated heterocycles. The van der Waals surface area contributed by atoms with E-state index in [4.69, 9.17) is 4.42 Å². The zero-order valence-corrected chi connectivity index (χ0v) is 12.6. The minimum absolute atomic E-state index is 0.0468. The Morgan fingerprint density at radius 1 is 1.28 bits per heavy atom. The van der Waals surface area contributed by atoms with Gasteiger partial charge in [0.2, 0.25) is 5.91 Å². The van der Waals surface area contributed by atoms with Crippen molar-refractivity contribution in [1.29, 1.82) is 0 Å². The maximum absolute atomic E-state index is 12.9. The van der Waals surface area contributed by atoms with Gasteiger partial charge in [-0.1, -0.05) is 0 Å². The molecule has 3 aromatic rings. The van der Waals surface area contributed by atoms with Gasteiger partial charge in [0.1, 0.15) is 18.4 Å². The molecule has 0 unspecified atom stereocenters. The van der Waals surface area contributed by atoms with E-state index in [1.165, 1.54) is 35.7 Å². The lowest BCUT2D eigenvalue weighted by molar-refractivity contribution is -0.137. The van der Waals surface area contributed by atoms with E-state index in [0.717, 1.165) is 18.2 Å². The van der Waals surface area contributed by atoms with Crippen molar-refractivity contribution < 1.29 is 22.4 Å². The number of alkyl halides is 3. The third-order valence-corrected chi connectivity index (χ3v) is 3.19. The zero-order valence-electron chi connectivity index (χ0n) is 12.6. The van der Waals surface area contributed by atoms with E-state index in [-0.39, 0.29) is 11.4 Å². The predicted molar refractivity (Wildman–Crippen MR) is 82.7 cm³/mol. The maximum Gasteiger partial charge on any atom is 0.416 e. The van der Waals surface area contributed by atoms with Gasteiger partial charge in [0, 0.05) is 6.08 Å². The number of nitrogens with one attached hydrogen (secondary N) is 1. The van der Waals surface area contributed by atoms with Gasteiger partial charge in [-0.3, -0.25) is 4.79 Å². The fourth-order valence-corrected chi connectivity index (χ4v) is 2.06. The molecule has 0 aliphatic carbocycles. The van der Waals surface area contributed by atoms with Crippen molar-refractivity contribution in [2.45, 2.75) is 6.18 Å². The number of carbonyl (C=O) groups is 1. The van der Waals surface area contributed by atoms with E-state index in [1.807, 2.05) is 0 Å². The lowest BCUT2D eigenvalue weighted by atomic mass is 10.1. The molecule has 1 aromatic carbocycles. The van der Waals surface area contributed by atoms with Crippen LogP contribution in [0.2, 0.25) is 0 Å². The first-order valence-electron chi connectivity index (χ1n) is 7.02. The topological polar surface area (TPSA) is 73.0 Å². The van der Waals surface area contributed by atoms with E-state index in [1.54, 1.807) is 12.1 Å². The molecule has 0 radical (unpaired) electrons. The van der Waals surface area contributed by atoms with E-state index in [9.17, 15) is 18.0 Å². The second-order valence-electron chi connectivity index (χ2n) is 4.91. The summed E-state index contributed by atoms with van der Waals surface area (Å²) >= 11 is 0. The lowest BCUT2D eigenvalue weighted by Crippen LogP contribution is -2.13. The summed E-state index contributed by atoms with van der Waals surface area (Å²) in [7, 11) is 0. The fourth-order valence-electron chi connectivity index (χ4n) is 2.06. The smallest absolute Gasteiger partial charge is 0.416 e. The van der Waals surface area contributed by atoms with Gasteiger partial charge < -0.3 is 9.73 Å². The summed E-state index contributed by atoms with van der Waals surface area (Å²) in [6, 6.07) is 6.24. The Kier molecular flexibility index (Phi) is 4.38. The number of furan rings is 1. The van der Waals surface area contributed by atoms with Gasteiger partial charge in [-0.15, -0.1) is 0 Å². The number of nitrogens with zero attached hydrogens (tertiary/aromatic N) is 3. The third kappa shape index (κ3) is 3.94. The SMILES string of the molecule is O=C(/C=C/c1ccco1)Nc1cc(C(F)(F)F)ccc1-n1cncn1. The number of anilines is 1. The summed E-state index contributed by atoms with van der Waals surface area (Å²) in [5, 5.41) is 6.29. The Balaban J connectivity index is 1.90. The molecule has 1 amide bonds. The van der Waals surface area contributed by atoms with Crippen molar-refractivity contribution in [2.24, 2.45) is 0 Å². The summed E-state index contributed by atoms with van der Waals surface area (Å²) in [5.74, 6) is -0.173. The van der Waals surface area contributed by atoms with Gasteiger partial charge in [-0.2, -0.15) is 18.3 Å². The third-order valence-electron chi connectivity index (χ3n) is 3.19. The Morgan fingerprint density at radius 3 is 2.76 bits per heavy atom. The Hall–Kier alpha value is -3.36. The Bertz CT molecular complexity index is 885. The molecule has 0 bridgehead atoms. The summed E-state index contributed by atoms with van der Waals surface area (Å²) in [6.07, 6.45) is 2.01. The minimum atomic E-state index is -4.54. The van der Waals surface area contributed by atoms with Gasteiger partial charge in [0.15, 0.2) is 0 Å². The monoisotopic (exact) mass is 348 g/mol. The van der Waals surface area contributed by atoms with Crippen molar-refractivity contribution in [3.63, 3.8) is 0 Å². The largest absolute Gasteiger partial charge is 0.465 e. The molecule has 25 heavy (non-hydrogen) atoms. The maximum atomic E-state index is 12.9. The summed E-state index contributed by atoms with van der Waals surface area (Å²) < 4.78 is 45.1. The Labute approximate surface area is 139 Å². The van der Waals surface area contributed by atoms with Crippen LogP contribution in [0.4, 0.5) is 18.9 Å². The number of halogens is 3. The lowest BCUT2D eigenvalue weighted by Gasteiger charge is -2.13. The number of hydrogen-bond donors (Lipinski definition) is 1. The average molecular weight is 348 g/mol. The van der Waals surface area contributed by atoms with Crippen LogP contribution in [0, 0.1) is 0 Å². The minimum Gasteiger partial charge on any atom is -0.465 e. The van der Waals surface area contributed by atoms with Crippen LogP contribution in [0.25, 0.3) is 11.8 Å². The average Bonchev–Trinajstić information content (AvgIpc) is 3.26. The van der Waals surface area contributed by atoms with Crippen molar-refractivity contribution in [1.82, 2.24) is 14.8 Å². The van der Waals surface area contributed by atoms with Crippen LogP contribution >= 0.6 is 0 Å². The first-order chi connectivity index (χ1) is 11.9. The molecule has 6 nitrogen and oxygen atoms in total. The molecule has 0 saturated carbocycles. The number of hydrogen-bond acceptors (Lipinski definition) is 4. The van der Waals surface area contributed by atoms with Crippen LogP contribution in [-0.2, 0) is 11.0 Å². The first kappa shape index (κ1) is 16.5. The first-order valence-corrected chi connectivity index (χ1v) is 7.02. The van der Waals surface area contributed by atoms with Crippen LogP contribution in [0.15, 0.2) is 59.7 Å². The molecule has 0 aliphatic rings. The second-order valence-corrected chi connectivity index (χ2v) is 4.91. The molecule has 2 heterocycles. The molecule has 0 atom stereocenters. The normalized spacial score (nSPS) is 11.8. The van der Waals surface area contributed by atoms with Crippen LogP contribution in [0.1, 0.15) is 11.3 Å². The quantitative estimate of drug-likeness (QED) is 0.732.